The molecule has 3 aromatic rings. The molecule has 122 valence electrons. The van der Waals surface area contributed by atoms with E-state index in [1.807, 2.05) is 12.1 Å². The number of hydrogen-bond acceptors (Lipinski definition) is 3. The van der Waals surface area contributed by atoms with Crippen molar-refractivity contribution in [1.82, 2.24) is 4.98 Å². The van der Waals surface area contributed by atoms with Gasteiger partial charge in [0.1, 0.15) is 12.3 Å². The van der Waals surface area contributed by atoms with E-state index in [9.17, 15) is 18.0 Å². The summed E-state index contributed by atoms with van der Waals surface area (Å²) in [6, 6.07) is 15.2. The van der Waals surface area contributed by atoms with Gasteiger partial charge in [0.05, 0.1) is 11.1 Å². The van der Waals surface area contributed by atoms with Gasteiger partial charge in [-0.05, 0) is 29.8 Å². The lowest BCUT2D eigenvalue weighted by atomic mass is 10.1. The van der Waals surface area contributed by atoms with Gasteiger partial charge >= 0.3 is 12.1 Å². The van der Waals surface area contributed by atoms with Gasteiger partial charge in [-0.1, -0.05) is 36.4 Å². The lowest BCUT2D eigenvalue weighted by Crippen LogP contribution is -2.09. The van der Waals surface area contributed by atoms with E-state index in [2.05, 4.69) is 4.98 Å². The van der Waals surface area contributed by atoms with E-state index in [1.165, 1.54) is 18.2 Å². The SMILES string of the molecule is O=C(OCc1cccc(C(F)(F)F)c1)c1ccc2ccccc2n1. The summed E-state index contributed by atoms with van der Waals surface area (Å²) in [7, 11) is 0. The second-order valence-corrected chi connectivity index (χ2v) is 5.16. The minimum Gasteiger partial charge on any atom is -0.456 e. The fourth-order valence-corrected chi connectivity index (χ4v) is 2.24. The van der Waals surface area contributed by atoms with Gasteiger partial charge in [0.15, 0.2) is 0 Å². The number of ether oxygens (including phenoxy) is 1. The zero-order valence-corrected chi connectivity index (χ0v) is 12.4. The van der Waals surface area contributed by atoms with E-state index in [4.69, 9.17) is 4.74 Å². The highest BCUT2D eigenvalue weighted by Crippen LogP contribution is 2.29. The van der Waals surface area contributed by atoms with Crippen molar-refractivity contribution in [3.8, 4) is 0 Å². The Morgan fingerprint density at radius 1 is 1.00 bits per heavy atom. The quantitative estimate of drug-likeness (QED) is 0.658. The number of pyridine rings is 1. The second-order valence-electron chi connectivity index (χ2n) is 5.16. The molecule has 0 unspecified atom stereocenters. The maximum absolute atomic E-state index is 12.7. The standard InChI is InChI=1S/C18H12F3NO2/c19-18(20,21)14-6-3-4-12(10-14)11-24-17(23)16-9-8-13-5-1-2-7-15(13)22-16/h1-10H,11H2. The van der Waals surface area contributed by atoms with Crippen LogP contribution < -0.4 is 0 Å². The second kappa shape index (κ2) is 6.31. The number of para-hydroxylation sites is 1. The molecule has 0 spiro atoms. The van der Waals surface area contributed by atoms with Gasteiger partial charge in [-0.2, -0.15) is 13.2 Å². The zero-order chi connectivity index (χ0) is 17.2. The van der Waals surface area contributed by atoms with Crippen LogP contribution in [0.1, 0.15) is 21.6 Å². The van der Waals surface area contributed by atoms with Crippen LogP contribution in [0.4, 0.5) is 13.2 Å². The molecule has 0 amide bonds. The van der Waals surface area contributed by atoms with Gasteiger partial charge in [-0.25, -0.2) is 9.78 Å². The minimum atomic E-state index is -4.43. The molecule has 24 heavy (non-hydrogen) atoms. The molecular formula is C18H12F3NO2. The highest BCUT2D eigenvalue weighted by Gasteiger charge is 2.30. The smallest absolute Gasteiger partial charge is 0.416 e. The number of halogens is 3. The molecule has 0 bridgehead atoms. The Balaban J connectivity index is 1.73. The molecule has 0 aliphatic heterocycles. The fraction of sp³-hybridized carbons (Fsp3) is 0.111. The molecule has 1 aromatic heterocycles. The van der Waals surface area contributed by atoms with E-state index in [0.717, 1.165) is 17.5 Å². The molecule has 1 heterocycles. The van der Waals surface area contributed by atoms with E-state index >= 15 is 0 Å². The van der Waals surface area contributed by atoms with Crippen molar-refractivity contribution in [3.63, 3.8) is 0 Å². The molecule has 0 aliphatic rings. The van der Waals surface area contributed by atoms with Crippen LogP contribution in [-0.2, 0) is 17.5 Å². The number of hydrogen-bond donors (Lipinski definition) is 0. The summed E-state index contributed by atoms with van der Waals surface area (Å²) in [6.45, 7) is -0.253. The number of esters is 1. The molecule has 0 radical (unpaired) electrons. The average Bonchev–Trinajstić information content (AvgIpc) is 2.59. The first-order chi connectivity index (χ1) is 11.4. The van der Waals surface area contributed by atoms with E-state index in [0.29, 0.717) is 5.52 Å². The van der Waals surface area contributed by atoms with Crippen LogP contribution in [0.15, 0.2) is 60.7 Å². The summed E-state index contributed by atoms with van der Waals surface area (Å²) < 4.78 is 43.0. The third-order valence-electron chi connectivity index (χ3n) is 3.43. The molecule has 0 fully saturated rings. The fourth-order valence-electron chi connectivity index (χ4n) is 2.24. The van der Waals surface area contributed by atoms with E-state index in [-0.39, 0.29) is 17.9 Å². The van der Waals surface area contributed by atoms with Gasteiger partial charge in [0.2, 0.25) is 0 Å². The predicted molar refractivity (Wildman–Crippen MR) is 82.3 cm³/mol. The number of aromatic nitrogens is 1. The van der Waals surface area contributed by atoms with Gasteiger partial charge in [-0.3, -0.25) is 0 Å². The lowest BCUT2D eigenvalue weighted by molar-refractivity contribution is -0.137. The van der Waals surface area contributed by atoms with Crippen LogP contribution in [0, 0.1) is 0 Å². The Kier molecular flexibility index (Phi) is 4.20. The van der Waals surface area contributed by atoms with Crippen LogP contribution in [-0.4, -0.2) is 11.0 Å². The Labute approximate surface area is 135 Å². The molecule has 3 rings (SSSR count). The summed E-state index contributed by atoms with van der Waals surface area (Å²) in [4.78, 5) is 16.2. The number of nitrogens with zero attached hydrogens (tertiary/aromatic N) is 1. The highest BCUT2D eigenvalue weighted by atomic mass is 19.4. The largest absolute Gasteiger partial charge is 0.456 e. The van der Waals surface area contributed by atoms with Crippen molar-refractivity contribution in [2.45, 2.75) is 12.8 Å². The van der Waals surface area contributed by atoms with Crippen molar-refractivity contribution < 1.29 is 22.7 Å². The number of rotatable bonds is 3. The number of alkyl halides is 3. The Morgan fingerprint density at radius 2 is 1.79 bits per heavy atom. The number of carbonyl (C=O) groups excluding carboxylic acids is 1. The summed E-state index contributed by atoms with van der Waals surface area (Å²) >= 11 is 0. The van der Waals surface area contributed by atoms with Gasteiger partial charge in [0.25, 0.3) is 0 Å². The van der Waals surface area contributed by atoms with Crippen molar-refractivity contribution in [1.29, 1.82) is 0 Å². The van der Waals surface area contributed by atoms with Crippen LogP contribution in [0.3, 0.4) is 0 Å². The molecule has 0 atom stereocenters. The summed E-state index contributed by atoms with van der Waals surface area (Å²) in [5, 5.41) is 0.881. The van der Waals surface area contributed by atoms with Gasteiger partial charge in [-0.15, -0.1) is 0 Å². The maximum Gasteiger partial charge on any atom is 0.416 e. The first-order valence-electron chi connectivity index (χ1n) is 7.12. The molecule has 3 nitrogen and oxygen atoms in total. The van der Waals surface area contributed by atoms with Crippen LogP contribution >= 0.6 is 0 Å². The first-order valence-corrected chi connectivity index (χ1v) is 7.12. The summed E-state index contributed by atoms with van der Waals surface area (Å²) in [6.07, 6.45) is -4.43. The number of benzene rings is 2. The van der Waals surface area contributed by atoms with Crippen LogP contribution in [0.5, 0.6) is 0 Å². The van der Waals surface area contributed by atoms with E-state index in [1.54, 1.807) is 18.2 Å². The lowest BCUT2D eigenvalue weighted by Gasteiger charge is -2.09. The Morgan fingerprint density at radius 3 is 2.58 bits per heavy atom. The molecule has 0 saturated heterocycles. The molecule has 2 aromatic carbocycles. The number of fused-ring (bicyclic) bond motifs is 1. The minimum absolute atomic E-state index is 0.112. The normalized spacial score (nSPS) is 11.5. The highest BCUT2D eigenvalue weighted by molar-refractivity contribution is 5.90. The topological polar surface area (TPSA) is 39.2 Å². The summed E-state index contributed by atoms with van der Waals surface area (Å²) in [5.74, 6) is -0.682. The van der Waals surface area contributed by atoms with Crippen molar-refractivity contribution in [3.05, 3.63) is 77.5 Å². The average molecular weight is 331 g/mol. The molecule has 6 heteroatoms. The maximum atomic E-state index is 12.7. The third kappa shape index (κ3) is 3.53. The molecule has 0 saturated carbocycles. The van der Waals surface area contributed by atoms with Gasteiger partial charge in [0, 0.05) is 5.39 Å². The van der Waals surface area contributed by atoms with Crippen molar-refractivity contribution in [2.24, 2.45) is 0 Å². The molecule has 0 N–H and O–H groups in total. The Bertz CT molecular complexity index is 891. The van der Waals surface area contributed by atoms with Crippen LogP contribution in [0.25, 0.3) is 10.9 Å². The van der Waals surface area contributed by atoms with Crippen molar-refractivity contribution >= 4 is 16.9 Å². The molecular weight excluding hydrogens is 319 g/mol. The van der Waals surface area contributed by atoms with Crippen LogP contribution in [0.2, 0.25) is 0 Å². The monoisotopic (exact) mass is 331 g/mol. The summed E-state index contributed by atoms with van der Waals surface area (Å²) in [5.41, 5.74) is 0.241. The van der Waals surface area contributed by atoms with E-state index < -0.39 is 17.7 Å². The predicted octanol–water partition coefficient (Wildman–Crippen LogP) is 4.61. The Hall–Kier alpha value is -2.89. The zero-order valence-electron chi connectivity index (χ0n) is 12.4. The van der Waals surface area contributed by atoms with Gasteiger partial charge < -0.3 is 4.74 Å². The third-order valence-corrected chi connectivity index (χ3v) is 3.43. The first kappa shape index (κ1) is 16.0. The van der Waals surface area contributed by atoms with Crippen molar-refractivity contribution in [2.75, 3.05) is 0 Å². The number of carbonyl (C=O) groups is 1. The molecule has 0 aliphatic carbocycles.